The molecule has 0 bridgehead atoms. The molecule has 4 heterocycles. The molecule has 0 aromatic carbocycles. The van der Waals surface area contributed by atoms with E-state index in [0.717, 1.165) is 5.69 Å². The Bertz CT molecular complexity index is 957. The van der Waals surface area contributed by atoms with Crippen LogP contribution in [0.1, 0.15) is 23.6 Å². The molecule has 0 unspecified atom stereocenters. The van der Waals surface area contributed by atoms with Gasteiger partial charge in [0.25, 0.3) is 5.56 Å². The summed E-state index contributed by atoms with van der Waals surface area (Å²) in [6.07, 6.45) is 3.39. The van der Waals surface area contributed by atoms with Gasteiger partial charge in [-0.05, 0) is 18.2 Å². The lowest BCUT2D eigenvalue weighted by Crippen LogP contribution is -2.31. The molecular weight excluding hydrogens is 284 g/mol. The van der Waals surface area contributed by atoms with Crippen LogP contribution in [0.25, 0.3) is 5.65 Å². The van der Waals surface area contributed by atoms with Gasteiger partial charge >= 0.3 is 5.97 Å². The van der Waals surface area contributed by atoms with Crippen LogP contribution >= 0.6 is 0 Å². The van der Waals surface area contributed by atoms with Gasteiger partial charge in [-0.25, -0.2) is 0 Å². The lowest BCUT2D eigenvalue weighted by atomic mass is 9.92. The topological polar surface area (TPSA) is 78.5 Å². The van der Waals surface area contributed by atoms with Crippen LogP contribution in [0.5, 0.6) is 5.88 Å². The van der Waals surface area contributed by atoms with Gasteiger partial charge in [-0.15, -0.1) is 0 Å². The molecule has 0 saturated heterocycles. The lowest BCUT2D eigenvalue weighted by Gasteiger charge is -2.23. The zero-order valence-electron chi connectivity index (χ0n) is 11.8. The molecule has 0 N–H and O–H groups in total. The smallest absolute Gasteiger partial charge is 0.313 e. The second-order valence-electron chi connectivity index (χ2n) is 5.18. The fraction of sp³-hybridized carbons (Fsp3) is 0.200. The minimum Gasteiger partial charge on any atom is -0.407 e. The monoisotopic (exact) mass is 296 g/mol. The minimum absolute atomic E-state index is 0.0960. The first-order valence-electron chi connectivity index (χ1n) is 6.85. The average Bonchev–Trinajstić information content (AvgIpc) is 2.92. The van der Waals surface area contributed by atoms with E-state index >= 15 is 0 Å². The summed E-state index contributed by atoms with van der Waals surface area (Å²) in [5.41, 5.74) is 1.41. The summed E-state index contributed by atoms with van der Waals surface area (Å²) in [7, 11) is 1.78. The average molecular weight is 296 g/mol. The van der Waals surface area contributed by atoms with Crippen molar-refractivity contribution in [2.24, 2.45) is 7.05 Å². The highest BCUT2D eigenvalue weighted by atomic mass is 16.5. The third kappa shape index (κ3) is 1.75. The van der Waals surface area contributed by atoms with E-state index in [2.05, 4.69) is 10.1 Å². The second kappa shape index (κ2) is 4.52. The maximum Gasteiger partial charge on any atom is 0.313 e. The molecule has 3 aromatic heterocycles. The number of pyridine rings is 1. The van der Waals surface area contributed by atoms with Crippen molar-refractivity contribution in [3.63, 3.8) is 0 Å². The van der Waals surface area contributed by atoms with Crippen molar-refractivity contribution in [2.75, 3.05) is 0 Å². The van der Waals surface area contributed by atoms with Crippen molar-refractivity contribution < 1.29 is 9.53 Å². The van der Waals surface area contributed by atoms with E-state index in [0.29, 0.717) is 11.2 Å². The molecule has 7 nitrogen and oxygen atoms in total. The van der Waals surface area contributed by atoms with E-state index in [9.17, 15) is 9.59 Å². The molecule has 0 saturated carbocycles. The van der Waals surface area contributed by atoms with Gasteiger partial charge in [0.15, 0.2) is 0 Å². The number of hydrogen-bond acceptors (Lipinski definition) is 5. The van der Waals surface area contributed by atoms with Gasteiger partial charge < -0.3 is 4.74 Å². The van der Waals surface area contributed by atoms with Crippen molar-refractivity contribution in [1.82, 2.24) is 19.2 Å². The maximum absolute atomic E-state index is 12.8. The zero-order chi connectivity index (χ0) is 15.3. The Morgan fingerprint density at radius 2 is 2.14 bits per heavy atom. The highest BCUT2D eigenvalue weighted by Crippen LogP contribution is 2.35. The van der Waals surface area contributed by atoms with Crippen LogP contribution in [0, 0.1) is 0 Å². The van der Waals surface area contributed by atoms with Gasteiger partial charge in [0.2, 0.25) is 5.88 Å². The third-order valence-electron chi connectivity index (χ3n) is 3.88. The number of nitrogens with zero attached hydrogens (tertiary/aromatic N) is 4. The Hall–Kier alpha value is -2.96. The fourth-order valence-electron chi connectivity index (χ4n) is 2.85. The molecule has 22 heavy (non-hydrogen) atoms. The maximum atomic E-state index is 12.8. The van der Waals surface area contributed by atoms with E-state index in [1.807, 2.05) is 0 Å². The van der Waals surface area contributed by atoms with Gasteiger partial charge in [0.1, 0.15) is 5.65 Å². The van der Waals surface area contributed by atoms with Crippen LogP contribution < -0.4 is 10.3 Å². The molecule has 1 aliphatic heterocycles. The number of aryl methyl sites for hydroxylation is 1. The predicted octanol–water partition coefficient (Wildman–Crippen LogP) is 0.869. The molecule has 1 aliphatic rings. The Labute approximate surface area is 124 Å². The molecule has 0 fully saturated rings. The van der Waals surface area contributed by atoms with Crippen LogP contribution in [0.2, 0.25) is 0 Å². The molecule has 0 radical (unpaired) electrons. The van der Waals surface area contributed by atoms with Gasteiger partial charge in [-0.3, -0.25) is 18.7 Å². The normalized spacial score (nSPS) is 17.3. The Balaban J connectivity index is 2.04. The summed E-state index contributed by atoms with van der Waals surface area (Å²) in [6, 6.07) is 7.03. The van der Waals surface area contributed by atoms with Gasteiger partial charge in [0.05, 0.1) is 12.0 Å². The Morgan fingerprint density at radius 1 is 1.27 bits per heavy atom. The number of fused-ring (bicyclic) bond motifs is 2. The molecule has 0 spiro atoms. The predicted molar refractivity (Wildman–Crippen MR) is 76.8 cm³/mol. The minimum atomic E-state index is -0.402. The molecule has 4 rings (SSSR count). The molecule has 110 valence electrons. The number of rotatable bonds is 1. The van der Waals surface area contributed by atoms with E-state index < -0.39 is 11.9 Å². The van der Waals surface area contributed by atoms with Crippen molar-refractivity contribution in [1.29, 1.82) is 0 Å². The first-order valence-corrected chi connectivity index (χ1v) is 6.85. The van der Waals surface area contributed by atoms with E-state index in [1.165, 1.54) is 4.40 Å². The number of carbonyl (C=O) groups excluding carboxylic acids is 1. The third-order valence-corrected chi connectivity index (χ3v) is 3.88. The molecule has 7 heteroatoms. The van der Waals surface area contributed by atoms with E-state index in [4.69, 9.17) is 4.74 Å². The van der Waals surface area contributed by atoms with Gasteiger partial charge in [-0.1, -0.05) is 6.07 Å². The van der Waals surface area contributed by atoms with Crippen LogP contribution in [-0.4, -0.2) is 25.1 Å². The number of carbonyl (C=O) groups is 1. The summed E-state index contributed by atoms with van der Waals surface area (Å²) < 4.78 is 8.31. The van der Waals surface area contributed by atoms with Crippen LogP contribution in [0.4, 0.5) is 0 Å². The molecule has 1 atom stereocenters. The quantitative estimate of drug-likeness (QED) is 0.623. The Morgan fingerprint density at radius 3 is 2.91 bits per heavy atom. The van der Waals surface area contributed by atoms with E-state index in [1.54, 1.807) is 48.4 Å². The van der Waals surface area contributed by atoms with Crippen molar-refractivity contribution in [3.05, 3.63) is 58.3 Å². The van der Waals surface area contributed by atoms with E-state index in [-0.39, 0.29) is 17.9 Å². The summed E-state index contributed by atoms with van der Waals surface area (Å²) in [6.45, 7) is 0. The van der Waals surface area contributed by atoms with Gasteiger partial charge in [-0.2, -0.15) is 10.1 Å². The SMILES string of the molecule is Cn1nccc1[C@H]1CC(=O)Oc2nc3ccccn3c(=O)c21. The highest BCUT2D eigenvalue weighted by molar-refractivity contribution is 5.77. The van der Waals surface area contributed by atoms with Crippen molar-refractivity contribution in [2.45, 2.75) is 12.3 Å². The summed E-state index contributed by atoms with van der Waals surface area (Å²) >= 11 is 0. The standard InChI is InChI=1S/C15H12N4O3/c1-18-10(5-6-16-18)9-8-12(20)22-14-13(9)15(21)19-7-3-2-4-11(19)17-14/h2-7,9H,8H2,1H3/t9-/m1/s1. The summed E-state index contributed by atoms with van der Waals surface area (Å²) in [5, 5.41) is 4.12. The fourth-order valence-corrected chi connectivity index (χ4v) is 2.85. The Kier molecular flexibility index (Phi) is 2.62. The summed E-state index contributed by atoms with van der Waals surface area (Å²) in [5.74, 6) is -0.703. The largest absolute Gasteiger partial charge is 0.407 e. The first-order chi connectivity index (χ1) is 10.6. The number of esters is 1. The van der Waals surface area contributed by atoms with Gasteiger partial charge in [0, 0.05) is 31.1 Å². The van der Waals surface area contributed by atoms with Crippen molar-refractivity contribution in [3.8, 4) is 5.88 Å². The zero-order valence-corrected chi connectivity index (χ0v) is 11.8. The molecular formula is C15H12N4O3. The summed E-state index contributed by atoms with van der Waals surface area (Å²) in [4.78, 5) is 29.0. The number of ether oxygens (including phenoxy) is 1. The first kappa shape index (κ1) is 12.8. The van der Waals surface area contributed by atoms with Crippen LogP contribution in [-0.2, 0) is 11.8 Å². The second-order valence-corrected chi connectivity index (χ2v) is 5.18. The highest BCUT2D eigenvalue weighted by Gasteiger charge is 2.34. The van der Waals surface area contributed by atoms with Crippen molar-refractivity contribution >= 4 is 11.6 Å². The van der Waals surface area contributed by atoms with Crippen LogP contribution in [0.3, 0.4) is 0 Å². The van der Waals surface area contributed by atoms with Crippen LogP contribution in [0.15, 0.2) is 41.5 Å². The molecule has 0 amide bonds. The molecule has 3 aromatic rings. The molecule has 0 aliphatic carbocycles. The number of aromatic nitrogens is 4. The number of hydrogen-bond donors (Lipinski definition) is 0. The lowest BCUT2D eigenvalue weighted by molar-refractivity contribution is -0.136.